The fraction of sp³-hybridized carbons (Fsp3) is 0.200. The van der Waals surface area contributed by atoms with Crippen LogP contribution in [0.5, 0.6) is 0 Å². The highest BCUT2D eigenvalue weighted by Crippen LogP contribution is 2.18. The number of hydrazine groups is 1. The van der Waals surface area contributed by atoms with Crippen LogP contribution in [-0.2, 0) is 17.8 Å². The highest BCUT2D eigenvalue weighted by atomic mass is 32.1. The summed E-state index contributed by atoms with van der Waals surface area (Å²) < 4.78 is 18.5. The Bertz CT molecular complexity index is 973. The predicted octanol–water partition coefficient (Wildman–Crippen LogP) is 2.81. The number of benzene rings is 2. The lowest BCUT2D eigenvalue weighted by molar-refractivity contribution is -0.121. The van der Waals surface area contributed by atoms with Crippen molar-refractivity contribution in [2.24, 2.45) is 0 Å². The zero-order valence-electron chi connectivity index (χ0n) is 15.7. The maximum atomic E-state index is 12.9. The Morgan fingerprint density at radius 2 is 1.79 bits per heavy atom. The lowest BCUT2D eigenvalue weighted by Gasteiger charge is -2.11. The van der Waals surface area contributed by atoms with Gasteiger partial charge in [0.1, 0.15) is 5.82 Å². The number of nitrogens with one attached hydrogen (secondary N) is 3. The molecule has 29 heavy (non-hydrogen) atoms. The Morgan fingerprint density at radius 3 is 2.52 bits per heavy atom. The Labute approximate surface area is 172 Å². The van der Waals surface area contributed by atoms with Crippen molar-refractivity contribution in [2.45, 2.75) is 26.3 Å². The second-order valence-electron chi connectivity index (χ2n) is 6.35. The van der Waals surface area contributed by atoms with Crippen LogP contribution in [-0.4, -0.2) is 21.2 Å². The van der Waals surface area contributed by atoms with Crippen molar-refractivity contribution in [1.82, 2.24) is 26.4 Å². The molecule has 0 aliphatic carbocycles. The van der Waals surface area contributed by atoms with Crippen LogP contribution in [0, 0.1) is 12.7 Å². The first-order valence-corrected chi connectivity index (χ1v) is 9.37. The quantitative estimate of drug-likeness (QED) is 0.423. The molecule has 0 saturated heterocycles. The van der Waals surface area contributed by atoms with E-state index in [4.69, 9.17) is 16.6 Å². The normalized spacial score (nSPS) is 10.4. The predicted molar refractivity (Wildman–Crippen MR) is 110 cm³/mol. The van der Waals surface area contributed by atoms with Gasteiger partial charge in [-0.25, -0.2) is 4.39 Å². The fourth-order valence-electron chi connectivity index (χ4n) is 2.41. The summed E-state index contributed by atoms with van der Waals surface area (Å²) in [6, 6.07) is 13.8. The summed E-state index contributed by atoms with van der Waals surface area (Å²) in [5.74, 6) is 0.234. The van der Waals surface area contributed by atoms with Crippen molar-refractivity contribution >= 4 is 23.2 Å². The maximum Gasteiger partial charge on any atom is 0.247 e. The minimum atomic E-state index is -0.297. The zero-order chi connectivity index (χ0) is 20.6. The molecule has 150 valence electrons. The third-order valence-corrected chi connectivity index (χ3v) is 4.26. The number of carbonyl (C=O) groups is 1. The van der Waals surface area contributed by atoms with E-state index in [1.54, 1.807) is 12.1 Å². The standard InChI is InChI=1S/C20H20FN5O2S/c1-13-2-6-15(7-3-13)19-25-24-18(28-19)11-10-17(27)23-26-20(29)22-12-14-4-8-16(21)9-5-14/h2-9H,10-12H2,1H3,(H,23,27)(H2,22,26,29). The van der Waals surface area contributed by atoms with Crippen LogP contribution in [0.25, 0.3) is 11.5 Å². The van der Waals surface area contributed by atoms with Gasteiger partial charge in [-0.2, -0.15) is 0 Å². The van der Waals surface area contributed by atoms with Crippen molar-refractivity contribution in [1.29, 1.82) is 0 Å². The Balaban J connectivity index is 1.38. The van der Waals surface area contributed by atoms with Crippen molar-refractivity contribution in [3.05, 3.63) is 71.4 Å². The molecular weight excluding hydrogens is 393 g/mol. The van der Waals surface area contributed by atoms with E-state index in [-0.39, 0.29) is 23.3 Å². The number of amides is 1. The van der Waals surface area contributed by atoms with E-state index in [0.29, 0.717) is 24.7 Å². The molecule has 7 nitrogen and oxygen atoms in total. The smallest absolute Gasteiger partial charge is 0.247 e. The molecule has 0 atom stereocenters. The van der Waals surface area contributed by atoms with Crippen molar-refractivity contribution < 1.29 is 13.6 Å². The highest BCUT2D eigenvalue weighted by Gasteiger charge is 2.10. The van der Waals surface area contributed by atoms with Gasteiger partial charge in [-0.3, -0.25) is 15.6 Å². The lowest BCUT2D eigenvalue weighted by Crippen LogP contribution is -2.46. The molecule has 0 unspecified atom stereocenters. The Morgan fingerprint density at radius 1 is 1.07 bits per heavy atom. The van der Waals surface area contributed by atoms with E-state index in [2.05, 4.69) is 26.4 Å². The van der Waals surface area contributed by atoms with Crippen LogP contribution in [0.15, 0.2) is 52.9 Å². The third-order valence-electron chi connectivity index (χ3n) is 4.01. The molecule has 3 aromatic rings. The number of aryl methyl sites for hydroxylation is 2. The first kappa shape index (κ1) is 20.4. The number of thiocarbonyl (C=S) groups is 1. The number of nitrogens with zero attached hydrogens (tertiary/aromatic N) is 2. The molecule has 2 aromatic carbocycles. The Kier molecular flexibility index (Phi) is 6.85. The summed E-state index contributed by atoms with van der Waals surface area (Å²) in [5.41, 5.74) is 7.95. The van der Waals surface area contributed by atoms with Gasteiger partial charge in [0.2, 0.25) is 17.7 Å². The molecule has 0 aliphatic heterocycles. The minimum absolute atomic E-state index is 0.156. The van der Waals surface area contributed by atoms with Crippen molar-refractivity contribution in [3.8, 4) is 11.5 Å². The van der Waals surface area contributed by atoms with E-state index in [1.165, 1.54) is 12.1 Å². The van der Waals surface area contributed by atoms with E-state index in [1.807, 2.05) is 31.2 Å². The molecule has 0 radical (unpaired) electrons. The molecule has 9 heteroatoms. The number of aromatic nitrogens is 2. The second-order valence-corrected chi connectivity index (χ2v) is 6.76. The van der Waals surface area contributed by atoms with Crippen LogP contribution in [0.1, 0.15) is 23.4 Å². The van der Waals surface area contributed by atoms with Gasteiger partial charge in [0.25, 0.3) is 0 Å². The molecule has 3 rings (SSSR count). The summed E-state index contributed by atoms with van der Waals surface area (Å²) in [4.78, 5) is 12.0. The number of rotatable bonds is 6. The topological polar surface area (TPSA) is 92.1 Å². The molecule has 3 N–H and O–H groups in total. The first-order valence-electron chi connectivity index (χ1n) is 8.96. The zero-order valence-corrected chi connectivity index (χ0v) is 16.6. The Hall–Kier alpha value is -3.33. The monoisotopic (exact) mass is 413 g/mol. The summed E-state index contributed by atoms with van der Waals surface area (Å²) in [6.07, 6.45) is 0.464. The molecular formula is C20H20FN5O2S. The molecule has 0 fully saturated rings. The van der Waals surface area contributed by atoms with Gasteiger partial charge in [-0.15, -0.1) is 10.2 Å². The fourth-order valence-corrected chi connectivity index (χ4v) is 2.53. The number of halogens is 1. The van der Waals surface area contributed by atoms with E-state index < -0.39 is 0 Å². The SMILES string of the molecule is Cc1ccc(-c2nnc(CCC(=O)NNC(=S)NCc3ccc(F)cc3)o2)cc1. The summed E-state index contributed by atoms with van der Waals surface area (Å²) in [6.45, 7) is 2.41. The van der Waals surface area contributed by atoms with Crippen LogP contribution in [0.3, 0.4) is 0 Å². The van der Waals surface area contributed by atoms with E-state index in [9.17, 15) is 9.18 Å². The molecule has 1 aromatic heterocycles. The highest BCUT2D eigenvalue weighted by molar-refractivity contribution is 7.80. The van der Waals surface area contributed by atoms with Gasteiger partial charge >= 0.3 is 0 Å². The van der Waals surface area contributed by atoms with Crippen molar-refractivity contribution in [2.75, 3.05) is 0 Å². The lowest BCUT2D eigenvalue weighted by atomic mass is 10.1. The van der Waals surface area contributed by atoms with Gasteiger partial charge < -0.3 is 9.73 Å². The van der Waals surface area contributed by atoms with Crippen LogP contribution in [0.4, 0.5) is 4.39 Å². The molecule has 0 spiro atoms. The summed E-state index contributed by atoms with van der Waals surface area (Å²) in [5, 5.41) is 11.1. The maximum absolute atomic E-state index is 12.9. The third kappa shape index (κ3) is 6.35. The first-order chi connectivity index (χ1) is 14.0. The number of hydrogen-bond donors (Lipinski definition) is 3. The number of hydrogen-bond acceptors (Lipinski definition) is 5. The largest absolute Gasteiger partial charge is 0.421 e. The average molecular weight is 413 g/mol. The van der Waals surface area contributed by atoms with Crippen LogP contribution in [0.2, 0.25) is 0 Å². The van der Waals surface area contributed by atoms with Gasteiger partial charge in [0.15, 0.2) is 5.11 Å². The molecule has 0 aliphatic rings. The van der Waals surface area contributed by atoms with Gasteiger partial charge in [0.05, 0.1) is 0 Å². The summed E-state index contributed by atoms with van der Waals surface area (Å²) in [7, 11) is 0. The second kappa shape index (κ2) is 9.74. The van der Waals surface area contributed by atoms with Gasteiger partial charge in [-0.1, -0.05) is 29.8 Å². The van der Waals surface area contributed by atoms with Gasteiger partial charge in [0, 0.05) is 24.9 Å². The molecule has 0 bridgehead atoms. The minimum Gasteiger partial charge on any atom is -0.421 e. The van der Waals surface area contributed by atoms with Crippen LogP contribution >= 0.6 is 12.2 Å². The van der Waals surface area contributed by atoms with Crippen LogP contribution < -0.4 is 16.2 Å². The molecule has 0 saturated carbocycles. The molecule has 1 amide bonds. The van der Waals surface area contributed by atoms with Crippen molar-refractivity contribution in [3.63, 3.8) is 0 Å². The number of carbonyl (C=O) groups excluding carboxylic acids is 1. The molecule has 1 heterocycles. The summed E-state index contributed by atoms with van der Waals surface area (Å²) >= 11 is 5.09. The van der Waals surface area contributed by atoms with E-state index >= 15 is 0 Å². The van der Waals surface area contributed by atoms with Gasteiger partial charge in [-0.05, 0) is 49.0 Å². The average Bonchev–Trinajstić information content (AvgIpc) is 3.20. The van der Waals surface area contributed by atoms with E-state index in [0.717, 1.165) is 16.7 Å².